The highest BCUT2D eigenvalue weighted by molar-refractivity contribution is 14.1. The number of amides is 1. The number of anilines is 1. The third-order valence-electron chi connectivity index (χ3n) is 3.00. The number of likely N-dealkylation sites (tertiary alicyclic amines) is 1. The van der Waals surface area contributed by atoms with E-state index in [1.165, 1.54) is 6.42 Å². The highest BCUT2D eigenvalue weighted by Crippen LogP contribution is 2.11. The minimum Gasteiger partial charge on any atom is -0.343 e. The van der Waals surface area contributed by atoms with Crippen molar-refractivity contribution in [2.45, 2.75) is 32.2 Å². The number of rotatable bonds is 3. The Hall–Kier alpha value is -0.920. The van der Waals surface area contributed by atoms with Gasteiger partial charge in [-0.2, -0.15) is 0 Å². The SMILES string of the molecule is CC(Nc1ncc(I)cn1)C(=O)N1CCCCC1. The molecule has 0 aliphatic carbocycles. The maximum Gasteiger partial charge on any atom is 0.244 e. The second-order valence-corrected chi connectivity index (χ2v) is 5.72. The topological polar surface area (TPSA) is 58.1 Å². The van der Waals surface area contributed by atoms with Crippen molar-refractivity contribution in [1.29, 1.82) is 0 Å². The van der Waals surface area contributed by atoms with Crippen molar-refractivity contribution in [1.82, 2.24) is 14.9 Å². The summed E-state index contributed by atoms with van der Waals surface area (Å²) in [6.45, 7) is 3.61. The summed E-state index contributed by atoms with van der Waals surface area (Å²) in [5.41, 5.74) is 0. The number of aromatic nitrogens is 2. The van der Waals surface area contributed by atoms with E-state index in [4.69, 9.17) is 0 Å². The normalized spacial score (nSPS) is 17.3. The maximum atomic E-state index is 12.2. The van der Waals surface area contributed by atoms with Gasteiger partial charge in [0.05, 0.1) is 0 Å². The molecule has 2 heterocycles. The van der Waals surface area contributed by atoms with E-state index in [1.54, 1.807) is 12.4 Å². The Labute approximate surface area is 121 Å². The molecule has 2 rings (SSSR count). The minimum absolute atomic E-state index is 0.136. The van der Waals surface area contributed by atoms with Crippen LogP contribution in [0.4, 0.5) is 5.95 Å². The molecule has 0 spiro atoms. The number of carbonyl (C=O) groups is 1. The molecule has 0 bridgehead atoms. The highest BCUT2D eigenvalue weighted by Gasteiger charge is 2.22. The van der Waals surface area contributed by atoms with Crippen molar-refractivity contribution < 1.29 is 4.79 Å². The number of halogens is 1. The molecule has 1 atom stereocenters. The Morgan fingerprint density at radius 3 is 2.56 bits per heavy atom. The second kappa shape index (κ2) is 6.31. The summed E-state index contributed by atoms with van der Waals surface area (Å²) >= 11 is 2.15. The van der Waals surface area contributed by atoms with Gasteiger partial charge in [-0.1, -0.05) is 0 Å². The van der Waals surface area contributed by atoms with Crippen molar-refractivity contribution in [2.75, 3.05) is 18.4 Å². The summed E-state index contributed by atoms with van der Waals surface area (Å²) < 4.78 is 0.980. The first-order valence-corrected chi connectivity index (χ1v) is 7.27. The molecule has 1 fully saturated rings. The van der Waals surface area contributed by atoms with Crippen LogP contribution in [0.5, 0.6) is 0 Å². The van der Waals surface area contributed by atoms with Crippen molar-refractivity contribution >= 4 is 34.4 Å². The van der Waals surface area contributed by atoms with Crippen LogP contribution in [0.2, 0.25) is 0 Å². The molecular formula is C12H17IN4O. The zero-order chi connectivity index (χ0) is 13.0. The van der Waals surface area contributed by atoms with E-state index >= 15 is 0 Å². The quantitative estimate of drug-likeness (QED) is 0.837. The summed E-state index contributed by atoms with van der Waals surface area (Å²) in [6.07, 6.45) is 6.91. The van der Waals surface area contributed by atoms with Gasteiger partial charge < -0.3 is 10.2 Å². The summed E-state index contributed by atoms with van der Waals surface area (Å²) in [4.78, 5) is 22.4. The maximum absolute atomic E-state index is 12.2. The van der Waals surface area contributed by atoms with E-state index in [2.05, 4.69) is 37.9 Å². The minimum atomic E-state index is -0.275. The highest BCUT2D eigenvalue weighted by atomic mass is 127. The standard InChI is InChI=1S/C12H17IN4O/c1-9(11(18)17-5-3-2-4-6-17)16-12-14-7-10(13)8-15-12/h7-9H,2-6H2,1H3,(H,14,15,16). The third-order valence-corrected chi connectivity index (χ3v) is 3.56. The van der Waals surface area contributed by atoms with Crippen LogP contribution in [-0.2, 0) is 4.79 Å². The number of hydrogen-bond donors (Lipinski definition) is 1. The van der Waals surface area contributed by atoms with Crippen molar-refractivity contribution in [3.63, 3.8) is 0 Å². The van der Waals surface area contributed by atoms with Gasteiger partial charge in [0, 0.05) is 29.1 Å². The number of nitrogens with zero attached hydrogens (tertiary/aromatic N) is 3. The number of carbonyl (C=O) groups excluding carboxylic acids is 1. The molecule has 0 radical (unpaired) electrons. The van der Waals surface area contributed by atoms with Gasteiger partial charge in [0.2, 0.25) is 11.9 Å². The summed E-state index contributed by atoms with van der Waals surface area (Å²) in [7, 11) is 0. The van der Waals surface area contributed by atoms with Crippen molar-refractivity contribution in [2.24, 2.45) is 0 Å². The smallest absolute Gasteiger partial charge is 0.244 e. The van der Waals surface area contributed by atoms with Gasteiger partial charge in [0.15, 0.2) is 0 Å². The van der Waals surface area contributed by atoms with E-state index < -0.39 is 0 Å². The first-order chi connectivity index (χ1) is 8.66. The van der Waals surface area contributed by atoms with Crippen molar-refractivity contribution in [3.05, 3.63) is 16.0 Å². The Balaban J connectivity index is 1.92. The molecule has 1 amide bonds. The molecule has 0 saturated carbocycles. The van der Waals surface area contributed by atoms with Crippen molar-refractivity contribution in [3.8, 4) is 0 Å². The predicted molar refractivity (Wildman–Crippen MR) is 78.3 cm³/mol. The van der Waals surface area contributed by atoms with E-state index in [-0.39, 0.29) is 11.9 Å². The number of hydrogen-bond acceptors (Lipinski definition) is 4. The summed E-state index contributed by atoms with van der Waals surface area (Å²) in [5, 5.41) is 3.05. The largest absolute Gasteiger partial charge is 0.343 e. The molecule has 98 valence electrons. The van der Waals surface area contributed by atoms with Gasteiger partial charge in [-0.25, -0.2) is 9.97 Å². The second-order valence-electron chi connectivity index (χ2n) is 4.48. The lowest BCUT2D eigenvalue weighted by atomic mass is 10.1. The molecule has 5 nitrogen and oxygen atoms in total. The monoisotopic (exact) mass is 360 g/mol. The zero-order valence-electron chi connectivity index (χ0n) is 10.4. The van der Waals surface area contributed by atoms with Gasteiger partial charge in [-0.15, -0.1) is 0 Å². The Bertz CT molecular complexity index is 403. The van der Waals surface area contributed by atoms with Gasteiger partial charge in [0.1, 0.15) is 6.04 Å². The van der Waals surface area contributed by atoms with Gasteiger partial charge in [-0.05, 0) is 48.8 Å². The van der Waals surface area contributed by atoms with Crippen LogP contribution < -0.4 is 5.32 Å². The van der Waals surface area contributed by atoms with Crippen LogP contribution in [-0.4, -0.2) is 39.9 Å². The Morgan fingerprint density at radius 1 is 1.33 bits per heavy atom. The lowest BCUT2D eigenvalue weighted by molar-refractivity contribution is -0.132. The van der Waals surface area contributed by atoms with E-state index in [0.717, 1.165) is 29.5 Å². The first-order valence-electron chi connectivity index (χ1n) is 6.19. The summed E-state index contributed by atoms with van der Waals surface area (Å²) in [6, 6.07) is -0.275. The fraction of sp³-hybridized carbons (Fsp3) is 0.583. The van der Waals surface area contributed by atoms with Crippen LogP contribution in [0, 0.1) is 3.57 Å². The van der Waals surface area contributed by atoms with Gasteiger partial charge in [0.25, 0.3) is 0 Å². The fourth-order valence-electron chi connectivity index (χ4n) is 2.03. The average molecular weight is 360 g/mol. The molecule has 1 saturated heterocycles. The number of nitrogens with one attached hydrogen (secondary N) is 1. The molecule has 1 unspecified atom stereocenters. The Morgan fingerprint density at radius 2 is 1.94 bits per heavy atom. The fourth-order valence-corrected chi connectivity index (χ4v) is 2.31. The number of piperidine rings is 1. The van der Waals surface area contributed by atoms with Crippen LogP contribution in [0.15, 0.2) is 12.4 Å². The molecule has 6 heteroatoms. The lowest BCUT2D eigenvalue weighted by Gasteiger charge is -2.29. The van der Waals surface area contributed by atoms with Crippen LogP contribution in [0.1, 0.15) is 26.2 Å². The molecule has 1 aromatic heterocycles. The summed E-state index contributed by atoms with van der Waals surface area (Å²) in [5.74, 6) is 0.644. The third kappa shape index (κ3) is 3.54. The predicted octanol–water partition coefficient (Wildman–Crippen LogP) is 1.89. The van der Waals surface area contributed by atoms with Crippen LogP contribution in [0.3, 0.4) is 0 Å². The molecule has 1 aliphatic heterocycles. The molecule has 18 heavy (non-hydrogen) atoms. The van der Waals surface area contributed by atoms with Gasteiger partial charge >= 0.3 is 0 Å². The zero-order valence-corrected chi connectivity index (χ0v) is 12.6. The molecule has 1 aliphatic rings. The Kier molecular flexibility index (Phi) is 4.73. The van der Waals surface area contributed by atoms with Crippen LogP contribution >= 0.6 is 22.6 Å². The molecule has 1 aromatic rings. The van der Waals surface area contributed by atoms with Crippen LogP contribution in [0.25, 0.3) is 0 Å². The average Bonchev–Trinajstić information content (AvgIpc) is 2.41. The molecule has 1 N–H and O–H groups in total. The van der Waals surface area contributed by atoms with E-state index in [0.29, 0.717) is 5.95 Å². The molecular weight excluding hydrogens is 343 g/mol. The first kappa shape index (κ1) is 13.5. The van der Waals surface area contributed by atoms with Gasteiger partial charge in [-0.3, -0.25) is 4.79 Å². The van der Waals surface area contributed by atoms with E-state index in [9.17, 15) is 4.79 Å². The van der Waals surface area contributed by atoms with E-state index in [1.807, 2.05) is 11.8 Å². The molecule has 0 aromatic carbocycles. The lowest BCUT2D eigenvalue weighted by Crippen LogP contribution is -2.44.